The average Bonchev–Trinajstić information content (AvgIpc) is 3.15. The predicted octanol–water partition coefficient (Wildman–Crippen LogP) is 4.76. The second-order valence-corrected chi connectivity index (χ2v) is 8.64. The number of fused-ring (bicyclic) bond motifs is 1. The first kappa shape index (κ1) is 21.4. The maximum Gasteiger partial charge on any atom is 0.274 e. The monoisotopic (exact) mass is 429 g/mol. The summed E-state index contributed by atoms with van der Waals surface area (Å²) in [5, 5.41) is 11.8. The number of nitrogens with zero attached hydrogens (tertiary/aromatic N) is 3. The summed E-state index contributed by atoms with van der Waals surface area (Å²) in [4.78, 5) is 17.2. The van der Waals surface area contributed by atoms with E-state index < -0.39 is 0 Å². The minimum atomic E-state index is -0.380. The number of carbonyl (C=O) groups excluding carboxylic acids is 1. The van der Waals surface area contributed by atoms with E-state index in [1.807, 2.05) is 68.0 Å². The Morgan fingerprint density at radius 3 is 2.56 bits per heavy atom. The van der Waals surface area contributed by atoms with Crippen molar-refractivity contribution >= 4 is 28.3 Å². The van der Waals surface area contributed by atoms with Gasteiger partial charge in [-0.25, -0.2) is 4.98 Å². The first-order valence-corrected chi connectivity index (χ1v) is 10.5. The van der Waals surface area contributed by atoms with E-state index in [1.54, 1.807) is 12.1 Å². The molecule has 0 aliphatic carbocycles. The molecule has 1 amide bonds. The van der Waals surface area contributed by atoms with Gasteiger partial charge < -0.3 is 15.4 Å². The summed E-state index contributed by atoms with van der Waals surface area (Å²) in [6.45, 7) is 6.46. The number of carbonyl (C=O) groups is 1. The lowest BCUT2D eigenvalue weighted by molar-refractivity contribution is 0.0911. The third-order valence-corrected chi connectivity index (χ3v) is 4.87. The van der Waals surface area contributed by atoms with Crippen LogP contribution in [-0.4, -0.2) is 33.3 Å². The highest BCUT2D eigenvalue weighted by Gasteiger charge is 2.20. The molecule has 164 valence electrons. The Labute approximate surface area is 187 Å². The van der Waals surface area contributed by atoms with E-state index in [9.17, 15) is 4.79 Å². The van der Waals surface area contributed by atoms with Crippen molar-refractivity contribution in [1.29, 1.82) is 0 Å². The van der Waals surface area contributed by atoms with E-state index >= 15 is 0 Å². The van der Waals surface area contributed by atoms with Crippen molar-refractivity contribution in [2.24, 2.45) is 0 Å². The number of hydrogen-bond acceptors (Lipinski definition) is 5. The molecule has 0 spiro atoms. The topological polar surface area (TPSA) is 81.1 Å². The largest absolute Gasteiger partial charge is 0.494 e. The quantitative estimate of drug-likeness (QED) is 0.462. The maximum atomic E-state index is 12.7. The first-order chi connectivity index (χ1) is 15.3. The Kier molecular flexibility index (Phi) is 5.81. The van der Waals surface area contributed by atoms with Gasteiger partial charge in [0.2, 0.25) is 0 Å². The molecule has 0 unspecified atom stereocenters. The molecule has 0 bridgehead atoms. The molecule has 2 heterocycles. The van der Waals surface area contributed by atoms with E-state index in [1.165, 1.54) is 12.7 Å². The van der Waals surface area contributed by atoms with Crippen LogP contribution in [0.1, 0.15) is 36.8 Å². The van der Waals surface area contributed by atoms with E-state index in [0.717, 1.165) is 16.6 Å². The van der Waals surface area contributed by atoms with Gasteiger partial charge in [0.15, 0.2) is 5.69 Å². The molecule has 2 aromatic carbocycles. The molecule has 7 nitrogen and oxygen atoms in total. The molecule has 7 heteroatoms. The Bertz CT molecular complexity index is 1240. The molecule has 2 N–H and O–H groups in total. The van der Waals surface area contributed by atoms with Crippen molar-refractivity contribution in [2.75, 3.05) is 12.4 Å². The molecule has 0 atom stereocenters. The number of nitrogens with one attached hydrogen (secondary N) is 2. The highest BCUT2D eigenvalue weighted by atomic mass is 16.5. The number of hydrogen-bond donors (Lipinski definition) is 2. The van der Waals surface area contributed by atoms with Gasteiger partial charge in [-0.2, -0.15) is 5.10 Å². The van der Waals surface area contributed by atoms with Crippen LogP contribution in [0.25, 0.3) is 10.9 Å². The molecule has 0 fully saturated rings. The summed E-state index contributed by atoms with van der Waals surface area (Å²) in [6, 6.07) is 19.8. The molecule has 32 heavy (non-hydrogen) atoms. The summed E-state index contributed by atoms with van der Waals surface area (Å²) in [5.41, 5.74) is 2.91. The van der Waals surface area contributed by atoms with Gasteiger partial charge in [0, 0.05) is 16.6 Å². The normalized spacial score (nSPS) is 11.4. The number of pyridine rings is 1. The minimum Gasteiger partial charge on any atom is -0.494 e. The molecule has 0 aliphatic heterocycles. The molecule has 0 saturated heterocycles. The van der Waals surface area contributed by atoms with E-state index in [2.05, 4.69) is 32.8 Å². The molecular weight excluding hydrogens is 402 g/mol. The second kappa shape index (κ2) is 8.70. The number of rotatable bonds is 6. The fourth-order valence-corrected chi connectivity index (χ4v) is 3.42. The van der Waals surface area contributed by atoms with Gasteiger partial charge in [0.05, 0.1) is 25.4 Å². The lowest BCUT2D eigenvalue weighted by atomic mass is 10.1. The fraction of sp³-hybridized carbons (Fsp3) is 0.240. The van der Waals surface area contributed by atoms with Crippen molar-refractivity contribution < 1.29 is 9.53 Å². The molecule has 4 rings (SSSR count). The second-order valence-electron chi connectivity index (χ2n) is 8.64. The van der Waals surface area contributed by atoms with Gasteiger partial charge >= 0.3 is 0 Å². The van der Waals surface area contributed by atoms with E-state index in [4.69, 9.17) is 4.74 Å². The Morgan fingerprint density at radius 2 is 1.84 bits per heavy atom. The summed E-state index contributed by atoms with van der Waals surface area (Å²) in [6.07, 6.45) is 1.86. The maximum absolute atomic E-state index is 12.7. The highest BCUT2D eigenvalue weighted by Crippen LogP contribution is 2.25. The van der Waals surface area contributed by atoms with Crippen LogP contribution in [0.5, 0.6) is 5.75 Å². The van der Waals surface area contributed by atoms with Crippen LogP contribution in [-0.2, 0) is 6.54 Å². The van der Waals surface area contributed by atoms with Gasteiger partial charge in [0.25, 0.3) is 5.91 Å². The van der Waals surface area contributed by atoms with Crippen LogP contribution in [0.4, 0.5) is 11.5 Å². The predicted molar refractivity (Wildman–Crippen MR) is 127 cm³/mol. The molecule has 2 aromatic heterocycles. The highest BCUT2D eigenvalue weighted by molar-refractivity contribution is 5.96. The number of methoxy groups -OCH3 is 1. The first-order valence-electron chi connectivity index (χ1n) is 10.5. The lowest BCUT2D eigenvalue weighted by Gasteiger charge is -2.21. The number of aromatic nitrogens is 3. The number of benzene rings is 2. The van der Waals surface area contributed by atoms with Crippen LogP contribution >= 0.6 is 0 Å². The zero-order valence-corrected chi connectivity index (χ0v) is 18.7. The van der Waals surface area contributed by atoms with Crippen LogP contribution in [0, 0.1) is 0 Å². The van der Waals surface area contributed by atoms with Crippen LogP contribution in [0.2, 0.25) is 0 Å². The average molecular weight is 430 g/mol. The number of anilines is 2. The Morgan fingerprint density at radius 1 is 1.06 bits per heavy atom. The van der Waals surface area contributed by atoms with Gasteiger partial charge in [-0.1, -0.05) is 30.3 Å². The Hall–Kier alpha value is -3.87. The fourth-order valence-electron chi connectivity index (χ4n) is 3.42. The number of ether oxygens (including phenoxy) is 1. The lowest BCUT2D eigenvalue weighted by Crippen LogP contribution is -2.41. The van der Waals surface area contributed by atoms with Gasteiger partial charge in [-0.05, 0) is 56.7 Å². The summed E-state index contributed by atoms with van der Waals surface area (Å²) < 4.78 is 7.31. The molecule has 4 aromatic rings. The Balaban J connectivity index is 1.61. The third kappa shape index (κ3) is 4.88. The molecule has 0 aliphatic rings. The van der Waals surface area contributed by atoms with Gasteiger partial charge in [-0.3, -0.25) is 9.48 Å². The molecular formula is C25H27N5O2. The zero-order chi connectivity index (χ0) is 22.7. The SMILES string of the molecule is COc1ccc(Nc2ccc3cnn(Cc4ccccc4)c3c2)nc1C(=O)NC(C)(C)C. The summed E-state index contributed by atoms with van der Waals surface area (Å²) in [7, 11) is 1.53. The minimum absolute atomic E-state index is 0.239. The smallest absolute Gasteiger partial charge is 0.274 e. The van der Waals surface area contributed by atoms with Crippen molar-refractivity contribution in [1.82, 2.24) is 20.1 Å². The zero-order valence-electron chi connectivity index (χ0n) is 18.7. The van der Waals surface area contributed by atoms with Crippen molar-refractivity contribution in [2.45, 2.75) is 32.9 Å². The van der Waals surface area contributed by atoms with Crippen LogP contribution in [0.15, 0.2) is 66.9 Å². The molecule has 0 saturated carbocycles. The third-order valence-electron chi connectivity index (χ3n) is 4.87. The van der Waals surface area contributed by atoms with Crippen LogP contribution < -0.4 is 15.4 Å². The molecule has 0 radical (unpaired) electrons. The van der Waals surface area contributed by atoms with E-state index in [-0.39, 0.29) is 17.1 Å². The van der Waals surface area contributed by atoms with Crippen molar-refractivity contribution in [3.05, 3.63) is 78.1 Å². The summed E-state index contributed by atoms with van der Waals surface area (Å²) in [5.74, 6) is 0.696. The standard InChI is InChI=1S/C25H27N5O2/c1-25(2,3)29-24(31)23-21(32-4)12-13-22(28-23)27-19-11-10-18-15-26-30(20(18)14-19)16-17-8-6-5-7-9-17/h5-15H,16H2,1-4H3,(H,27,28)(H,29,31). The van der Waals surface area contributed by atoms with Gasteiger partial charge in [0.1, 0.15) is 11.6 Å². The summed E-state index contributed by atoms with van der Waals surface area (Å²) >= 11 is 0. The van der Waals surface area contributed by atoms with Gasteiger partial charge in [-0.15, -0.1) is 0 Å². The van der Waals surface area contributed by atoms with Crippen LogP contribution in [0.3, 0.4) is 0 Å². The number of amides is 1. The van der Waals surface area contributed by atoms with Crippen molar-refractivity contribution in [3.63, 3.8) is 0 Å². The van der Waals surface area contributed by atoms with Crippen molar-refractivity contribution in [3.8, 4) is 5.75 Å². The van der Waals surface area contributed by atoms with E-state index in [0.29, 0.717) is 18.1 Å².